The monoisotopic (exact) mass is 311 g/mol. The predicted molar refractivity (Wildman–Crippen MR) is 89.0 cm³/mol. The first kappa shape index (κ1) is 17.5. The first-order chi connectivity index (χ1) is 10.3. The second kappa shape index (κ2) is 7.64. The van der Waals surface area contributed by atoms with Crippen molar-refractivity contribution >= 4 is 6.09 Å². The van der Waals surface area contributed by atoms with Crippen molar-refractivity contribution in [2.24, 2.45) is 11.8 Å². The Hall–Kier alpha value is -0.810. The van der Waals surface area contributed by atoms with Gasteiger partial charge in [0, 0.05) is 19.1 Å². The van der Waals surface area contributed by atoms with Crippen LogP contribution in [0, 0.1) is 11.8 Å². The Morgan fingerprint density at radius 2 is 2.05 bits per heavy atom. The number of amides is 1. The second-order valence-corrected chi connectivity index (χ2v) is 8.01. The molecule has 2 unspecified atom stereocenters. The zero-order valence-corrected chi connectivity index (χ0v) is 14.7. The number of nitrogens with zero attached hydrogens (tertiary/aromatic N) is 1. The molecule has 1 saturated carbocycles. The van der Waals surface area contributed by atoms with Crippen molar-refractivity contribution in [1.82, 2.24) is 15.5 Å². The summed E-state index contributed by atoms with van der Waals surface area (Å²) in [5.74, 6) is 1.46. The molecule has 5 nitrogen and oxygen atoms in total. The van der Waals surface area contributed by atoms with Gasteiger partial charge in [-0.1, -0.05) is 0 Å². The summed E-state index contributed by atoms with van der Waals surface area (Å²) in [6.45, 7) is 9.81. The van der Waals surface area contributed by atoms with Crippen LogP contribution in [0.2, 0.25) is 0 Å². The van der Waals surface area contributed by atoms with Gasteiger partial charge < -0.3 is 20.3 Å². The average Bonchev–Trinajstić information content (AvgIpc) is 3.21. The molecule has 0 spiro atoms. The molecule has 1 amide bonds. The average molecular weight is 311 g/mol. The molecule has 1 aliphatic heterocycles. The molecule has 1 saturated heterocycles. The second-order valence-electron chi connectivity index (χ2n) is 8.01. The number of rotatable bonds is 6. The van der Waals surface area contributed by atoms with Crippen molar-refractivity contribution in [3.8, 4) is 0 Å². The van der Waals surface area contributed by atoms with E-state index >= 15 is 0 Å². The standard InChI is InChI=1S/C17H33N3O2/c1-17(2,3)22-16(21)19-11-15(14-7-8-14)18-10-13-6-5-9-20(4)12-13/h13-15,18H,5-12H2,1-4H3,(H,19,21). The van der Waals surface area contributed by atoms with Gasteiger partial charge in [0.25, 0.3) is 0 Å². The zero-order valence-electron chi connectivity index (χ0n) is 14.7. The number of hydrogen-bond donors (Lipinski definition) is 2. The molecule has 1 aliphatic carbocycles. The maximum atomic E-state index is 11.8. The van der Waals surface area contributed by atoms with Crippen molar-refractivity contribution in [3.63, 3.8) is 0 Å². The summed E-state index contributed by atoms with van der Waals surface area (Å²) in [5, 5.41) is 6.62. The van der Waals surface area contributed by atoms with Gasteiger partial charge in [0.05, 0.1) is 0 Å². The molecule has 1 heterocycles. The molecule has 5 heteroatoms. The number of piperidine rings is 1. The molecule has 2 atom stereocenters. The van der Waals surface area contributed by atoms with Gasteiger partial charge in [-0.05, 0) is 78.4 Å². The predicted octanol–water partition coefficient (Wildman–Crippen LogP) is 2.22. The Bertz CT molecular complexity index is 363. The largest absolute Gasteiger partial charge is 0.444 e. The highest BCUT2D eigenvalue weighted by molar-refractivity contribution is 5.67. The Labute approximate surface area is 135 Å². The Morgan fingerprint density at radius 1 is 1.32 bits per heavy atom. The highest BCUT2D eigenvalue weighted by Crippen LogP contribution is 2.32. The lowest BCUT2D eigenvalue weighted by Gasteiger charge is -2.31. The number of carbonyl (C=O) groups excluding carboxylic acids is 1. The molecule has 0 bridgehead atoms. The van der Waals surface area contributed by atoms with Crippen molar-refractivity contribution < 1.29 is 9.53 Å². The highest BCUT2D eigenvalue weighted by atomic mass is 16.6. The van der Waals surface area contributed by atoms with Gasteiger partial charge in [-0.15, -0.1) is 0 Å². The third-order valence-electron chi connectivity index (χ3n) is 4.45. The highest BCUT2D eigenvalue weighted by Gasteiger charge is 2.32. The van der Waals surface area contributed by atoms with Gasteiger partial charge >= 0.3 is 6.09 Å². The molecule has 2 N–H and O–H groups in total. The Morgan fingerprint density at radius 3 is 2.64 bits per heavy atom. The molecule has 2 fully saturated rings. The minimum absolute atomic E-state index is 0.308. The third-order valence-corrected chi connectivity index (χ3v) is 4.45. The number of ether oxygens (including phenoxy) is 1. The lowest BCUT2D eigenvalue weighted by atomic mass is 9.98. The first-order valence-corrected chi connectivity index (χ1v) is 8.72. The molecule has 0 radical (unpaired) electrons. The van der Waals surface area contributed by atoms with Gasteiger partial charge in [-0.2, -0.15) is 0 Å². The molecule has 0 aromatic carbocycles. The third kappa shape index (κ3) is 6.53. The van der Waals surface area contributed by atoms with E-state index in [0.717, 1.165) is 18.4 Å². The van der Waals surface area contributed by atoms with Gasteiger partial charge in [0.15, 0.2) is 0 Å². The van der Waals surface area contributed by atoms with Crippen LogP contribution < -0.4 is 10.6 Å². The molecular weight excluding hydrogens is 278 g/mol. The molecule has 22 heavy (non-hydrogen) atoms. The van der Waals surface area contributed by atoms with Gasteiger partial charge in [-0.25, -0.2) is 4.79 Å². The minimum atomic E-state index is -0.431. The maximum absolute atomic E-state index is 11.8. The first-order valence-electron chi connectivity index (χ1n) is 8.72. The van der Waals surface area contributed by atoms with Crippen molar-refractivity contribution in [2.45, 2.75) is 58.1 Å². The molecule has 0 aromatic rings. The van der Waals surface area contributed by atoms with Crippen LogP contribution in [0.3, 0.4) is 0 Å². The number of nitrogens with one attached hydrogen (secondary N) is 2. The summed E-state index contributed by atoms with van der Waals surface area (Å²) >= 11 is 0. The fourth-order valence-corrected chi connectivity index (χ4v) is 3.17. The van der Waals surface area contributed by atoms with Crippen molar-refractivity contribution in [1.29, 1.82) is 0 Å². The van der Waals surface area contributed by atoms with E-state index in [9.17, 15) is 4.79 Å². The van der Waals surface area contributed by atoms with Crippen molar-refractivity contribution in [3.05, 3.63) is 0 Å². The van der Waals surface area contributed by atoms with Gasteiger partial charge in [0.1, 0.15) is 5.60 Å². The van der Waals surface area contributed by atoms with Crippen LogP contribution in [0.5, 0.6) is 0 Å². The van der Waals surface area contributed by atoms with Crippen molar-refractivity contribution in [2.75, 3.05) is 33.2 Å². The van der Waals surface area contributed by atoms with Crippen LogP contribution in [-0.2, 0) is 4.74 Å². The summed E-state index contributed by atoms with van der Waals surface area (Å²) in [5.41, 5.74) is -0.431. The van der Waals surface area contributed by atoms with E-state index in [0.29, 0.717) is 12.6 Å². The van der Waals surface area contributed by atoms with E-state index in [1.165, 1.54) is 38.8 Å². The summed E-state index contributed by atoms with van der Waals surface area (Å²) < 4.78 is 5.31. The topological polar surface area (TPSA) is 53.6 Å². The lowest BCUT2D eigenvalue weighted by molar-refractivity contribution is 0.0520. The van der Waals surface area contributed by atoms with Crippen LogP contribution in [0.25, 0.3) is 0 Å². The SMILES string of the molecule is CN1CCCC(CNC(CNC(=O)OC(C)(C)C)C2CC2)C1. The van der Waals surface area contributed by atoms with Gasteiger partial charge in [0.2, 0.25) is 0 Å². The summed E-state index contributed by atoms with van der Waals surface area (Å²) in [4.78, 5) is 14.2. The van der Waals surface area contributed by atoms with Crippen LogP contribution in [0.4, 0.5) is 4.79 Å². The molecule has 2 aliphatic rings. The smallest absolute Gasteiger partial charge is 0.407 e. The summed E-state index contributed by atoms with van der Waals surface area (Å²) in [6, 6.07) is 0.389. The van der Waals surface area contributed by atoms with Crippen LogP contribution in [0.1, 0.15) is 46.5 Å². The quantitative estimate of drug-likeness (QED) is 0.790. The molecule has 2 rings (SSSR count). The van der Waals surface area contributed by atoms with Crippen LogP contribution in [0.15, 0.2) is 0 Å². The Kier molecular flexibility index (Phi) is 6.09. The van der Waals surface area contributed by atoms with E-state index in [2.05, 4.69) is 22.6 Å². The van der Waals surface area contributed by atoms with E-state index in [1.54, 1.807) is 0 Å². The lowest BCUT2D eigenvalue weighted by Crippen LogP contribution is -2.47. The maximum Gasteiger partial charge on any atom is 0.407 e. The summed E-state index contributed by atoms with van der Waals surface area (Å²) in [6.07, 6.45) is 4.86. The van der Waals surface area contributed by atoms with E-state index in [1.807, 2.05) is 20.8 Å². The van der Waals surface area contributed by atoms with E-state index < -0.39 is 5.60 Å². The molecule has 0 aromatic heterocycles. The van der Waals surface area contributed by atoms with Crippen LogP contribution >= 0.6 is 0 Å². The van der Waals surface area contributed by atoms with E-state index in [4.69, 9.17) is 4.74 Å². The zero-order chi connectivity index (χ0) is 16.2. The molecule has 128 valence electrons. The fourth-order valence-electron chi connectivity index (χ4n) is 3.17. The normalized spacial score (nSPS) is 24.8. The number of carbonyl (C=O) groups is 1. The molecular formula is C17H33N3O2. The minimum Gasteiger partial charge on any atom is -0.444 e. The van der Waals surface area contributed by atoms with Crippen LogP contribution in [-0.4, -0.2) is 55.9 Å². The number of alkyl carbamates (subject to hydrolysis) is 1. The Balaban J connectivity index is 1.70. The number of hydrogen-bond acceptors (Lipinski definition) is 4. The summed E-state index contributed by atoms with van der Waals surface area (Å²) in [7, 11) is 2.20. The van der Waals surface area contributed by atoms with E-state index in [-0.39, 0.29) is 6.09 Å². The fraction of sp³-hybridized carbons (Fsp3) is 0.941. The number of likely N-dealkylation sites (tertiary alicyclic amines) is 1. The van der Waals surface area contributed by atoms with Gasteiger partial charge in [-0.3, -0.25) is 0 Å².